The van der Waals surface area contributed by atoms with Gasteiger partial charge in [0.2, 0.25) is 0 Å². The topological polar surface area (TPSA) is 70.9 Å². The van der Waals surface area contributed by atoms with Crippen LogP contribution in [0, 0.1) is 0 Å². The number of rotatable bonds is 9. The molecule has 2 aromatic carbocycles. The summed E-state index contributed by atoms with van der Waals surface area (Å²) in [6.45, 7) is 4.75. The number of amides is 1. The van der Waals surface area contributed by atoms with E-state index in [2.05, 4.69) is 22.5 Å². The molecule has 0 spiro atoms. The molecule has 0 saturated carbocycles. The van der Waals surface area contributed by atoms with Crippen LogP contribution in [0.4, 0.5) is 11.4 Å². The Balaban J connectivity index is 1.96. The second kappa shape index (κ2) is 10.2. The molecule has 26 heavy (non-hydrogen) atoms. The fourth-order valence-electron chi connectivity index (χ4n) is 2.33. The van der Waals surface area contributed by atoms with E-state index in [9.17, 15) is 9.59 Å². The second-order valence-electron chi connectivity index (χ2n) is 6.08. The lowest BCUT2D eigenvalue weighted by Crippen LogP contribution is -2.23. The number of nitrogens with one attached hydrogen (secondary N) is 1. The normalized spacial score (nSPS) is 10.8. The van der Waals surface area contributed by atoms with Gasteiger partial charge in [0.1, 0.15) is 0 Å². The summed E-state index contributed by atoms with van der Waals surface area (Å²) >= 11 is 0. The highest BCUT2D eigenvalue weighted by molar-refractivity contribution is 5.96. The Labute approximate surface area is 154 Å². The molecule has 136 valence electrons. The summed E-state index contributed by atoms with van der Waals surface area (Å²) < 4.78 is 0. The number of nitrogens with zero attached hydrogens (tertiary/aromatic N) is 2. The van der Waals surface area contributed by atoms with Gasteiger partial charge in [0.05, 0.1) is 11.4 Å². The van der Waals surface area contributed by atoms with Crippen molar-refractivity contribution in [3.05, 3.63) is 59.7 Å². The first-order valence-corrected chi connectivity index (χ1v) is 9.07. The van der Waals surface area contributed by atoms with E-state index < -0.39 is 0 Å². The molecule has 1 amide bonds. The average molecular weight is 351 g/mol. The van der Waals surface area contributed by atoms with Crippen molar-refractivity contribution >= 4 is 23.1 Å². The molecular weight excluding hydrogens is 326 g/mol. The van der Waals surface area contributed by atoms with Gasteiger partial charge in [-0.2, -0.15) is 10.2 Å². The molecule has 0 aliphatic rings. The molecule has 0 saturated heterocycles. The molecular formula is C21H25N3O2. The minimum Gasteiger partial charge on any atom is -0.352 e. The molecule has 5 heteroatoms. The molecule has 0 bridgehead atoms. The summed E-state index contributed by atoms with van der Waals surface area (Å²) in [5, 5.41) is 11.2. The minimum atomic E-state index is -0.0846. The summed E-state index contributed by atoms with van der Waals surface area (Å²) in [6, 6.07) is 14.1. The number of Topliss-reactive ketones (excluding diaryl/α,β-unsaturated/α-hetero) is 1. The lowest BCUT2D eigenvalue weighted by molar-refractivity contribution is 0.0951. The molecule has 0 unspecified atom stereocenters. The third-order valence-corrected chi connectivity index (χ3v) is 3.89. The molecule has 0 heterocycles. The van der Waals surface area contributed by atoms with Crippen molar-refractivity contribution in [3.8, 4) is 0 Å². The molecule has 0 radical (unpaired) electrons. The van der Waals surface area contributed by atoms with Gasteiger partial charge < -0.3 is 5.32 Å². The standard InChI is InChI=1S/C21H25N3O2/c1-3-5-6-20(25)16-7-11-18(12-8-16)23-24-19-13-9-17(10-14-19)21(26)22-15-4-2/h7-14H,3-6,15H2,1-2H3,(H,22,26). The van der Waals surface area contributed by atoms with Crippen LogP contribution in [0.25, 0.3) is 0 Å². The number of benzene rings is 2. The van der Waals surface area contributed by atoms with Crippen molar-refractivity contribution in [2.75, 3.05) is 6.54 Å². The Morgan fingerprint density at radius 3 is 1.85 bits per heavy atom. The van der Waals surface area contributed by atoms with Crippen molar-refractivity contribution in [2.24, 2.45) is 10.2 Å². The highest BCUT2D eigenvalue weighted by atomic mass is 16.1. The van der Waals surface area contributed by atoms with Gasteiger partial charge in [0, 0.05) is 24.1 Å². The predicted octanol–water partition coefficient (Wildman–Crippen LogP) is 5.61. The fourth-order valence-corrected chi connectivity index (χ4v) is 2.33. The number of ketones is 1. The Kier molecular flexibility index (Phi) is 7.68. The molecule has 1 N–H and O–H groups in total. The van der Waals surface area contributed by atoms with Gasteiger partial charge in [-0.3, -0.25) is 9.59 Å². The SMILES string of the molecule is CCCCC(=O)c1ccc(N=Nc2ccc(C(=O)NCCC)cc2)cc1. The van der Waals surface area contributed by atoms with Crippen LogP contribution in [-0.4, -0.2) is 18.2 Å². The highest BCUT2D eigenvalue weighted by Gasteiger charge is 2.05. The van der Waals surface area contributed by atoms with E-state index in [1.54, 1.807) is 48.5 Å². The van der Waals surface area contributed by atoms with Crippen LogP contribution in [0.2, 0.25) is 0 Å². The number of carbonyl (C=O) groups excluding carboxylic acids is 2. The Morgan fingerprint density at radius 1 is 0.808 bits per heavy atom. The van der Waals surface area contributed by atoms with E-state index >= 15 is 0 Å². The maximum atomic E-state index is 12.0. The zero-order chi connectivity index (χ0) is 18.8. The lowest BCUT2D eigenvalue weighted by Gasteiger charge is -2.03. The van der Waals surface area contributed by atoms with E-state index in [1.165, 1.54) is 0 Å². The summed E-state index contributed by atoms with van der Waals surface area (Å²) in [7, 11) is 0. The van der Waals surface area contributed by atoms with Crippen molar-refractivity contribution in [1.29, 1.82) is 0 Å². The van der Waals surface area contributed by atoms with Crippen LogP contribution in [0.15, 0.2) is 58.8 Å². The molecule has 0 aliphatic carbocycles. The third kappa shape index (κ3) is 5.92. The molecule has 0 aliphatic heterocycles. The van der Waals surface area contributed by atoms with Crippen molar-refractivity contribution in [3.63, 3.8) is 0 Å². The number of hydrogen-bond donors (Lipinski definition) is 1. The molecule has 0 atom stereocenters. The molecule has 2 rings (SSSR count). The second-order valence-corrected chi connectivity index (χ2v) is 6.08. The predicted molar refractivity (Wildman–Crippen MR) is 104 cm³/mol. The minimum absolute atomic E-state index is 0.0846. The van der Waals surface area contributed by atoms with Crippen LogP contribution in [0.5, 0.6) is 0 Å². The summed E-state index contributed by atoms with van der Waals surface area (Å²) in [4.78, 5) is 23.8. The number of unbranched alkanes of at least 4 members (excludes halogenated alkanes) is 1. The summed E-state index contributed by atoms with van der Waals surface area (Å²) in [5.41, 5.74) is 2.66. The maximum absolute atomic E-state index is 12.0. The van der Waals surface area contributed by atoms with Crippen LogP contribution < -0.4 is 5.32 Å². The maximum Gasteiger partial charge on any atom is 0.251 e. The molecule has 0 fully saturated rings. The van der Waals surface area contributed by atoms with Gasteiger partial charge in [-0.15, -0.1) is 0 Å². The quantitative estimate of drug-likeness (QED) is 0.471. The van der Waals surface area contributed by atoms with E-state index in [-0.39, 0.29) is 11.7 Å². The first-order valence-electron chi connectivity index (χ1n) is 9.07. The molecule has 0 aromatic heterocycles. The van der Waals surface area contributed by atoms with E-state index in [4.69, 9.17) is 0 Å². The first kappa shape index (κ1) is 19.5. The zero-order valence-corrected chi connectivity index (χ0v) is 15.4. The highest BCUT2D eigenvalue weighted by Crippen LogP contribution is 2.20. The lowest BCUT2D eigenvalue weighted by atomic mass is 10.1. The van der Waals surface area contributed by atoms with E-state index in [0.29, 0.717) is 35.5 Å². The van der Waals surface area contributed by atoms with Crippen molar-refractivity contribution in [1.82, 2.24) is 5.32 Å². The Bertz CT molecular complexity index is 684. The van der Waals surface area contributed by atoms with Crippen molar-refractivity contribution < 1.29 is 9.59 Å². The van der Waals surface area contributed by atoms with Crippen LogP contribution >= 0.6 is 0 Å². The molecule has 2 aromatic rings. The Morgan fingerprint density at radius 2 is 1.35 bits per heavy atom. The zero-order valence-electron chi connectivity index (χ0n) is 15.4. The van der Waals surface area contributed by atoms with E-state index in [1.807, 2.05) is 6.92 Å². The number of hydrogen-bond acceptors (Lipinski definition) is 4. The average Bonchev–Trinajstić information content (AvgIpc) is 2.69. The third-order valence-electron chi connectivity index (χ3n) is 3.89. The largest absolute Gasteiger partial charge is 0.352 e. The van der Waals surface area contributed by atoms with Gasteiger partial charge in [-0.1, -0.05) is 20.3 Å². The van der Waals surface area contributed by atoms with Crippen LogP contribution in [0.3, 0.4) is 0 Å². The summed E-state index contributed by atoms with van der Waals surface area (Å²) in [6.07, 6.45) is 3.40. The first-order chi connectivity index (χ1) is 12.6. The van der Waals surface area contributed by atoms with Gasteiger partial charge in [-0.05, 0) is 61.4 Å². The van der Waals surface area contributed by atoms with Gasteiger partial charge in [0.25, 0.3) is 5.91 Å². The van der Waals surface area contributed by atoms with Crippen LogP contribution in [0.1, 0.15) is 60.2 Å². The fraction of sp³-hybridized carbons (Fsp3) is 0.333. The van der Waals surface area contributed by atoms with Gasteiger partial charge in [0.15, 0.2) is 5.78 Å². The number of azo groups is 1. The summed E-state index contributed by atoms with van der Waals surface area (Å²) in [5.74, 6) is 0.0749. The smallest absolute Gasteiger partial charge is 0.251 e. The monoisotopic (exact) mass is 351 g/mol. The molecule has 5 nitrogen and oxygen atoms in total. The van der Waals surface area contributed by atoms with Gasteiger partial charge >= 0.3 is 0 Å². The Hall–Kier alpha value is -2.82. The van der Waals surface area contributed by atoms with E-state index in [0.717, 1.165) is 19.3 Å². The number of carbonyl (C=O) groups is 2. The van der Waals surface area contributed by atoms with Gasteiger partial charge in [-0.25, -0.2) is 0 Å². The van der Waals surface area contributed by atoms with Crippen LogP contribution in [-0.2, 0) is 0 Å². The van der Waals surface area contributed by atoms with Crippen molar-refractivity contribution in [2.45, 2.75) is 39.5 Å².